The first-order valence-corrected chi connectivity index (χ1v) is 6.96. The summed E-state index contributed by atoms with van der Waals surface area (Å²) < 4.78 is 5.37. The second kappa shape index (κ2) is 7.26. The fraction of sp³-hybridized carbons (Fsp3) is 0.250. The molecular weight excluding hydrogens is 315 g/mol. The molecule has 0 aliphatic heterocycles. The maximum absolute atomic E-state index is 6.10. The molecule has 0 atom stereocenters. The number of nitrogens with two attached hydrogens (primary N) is 1. The van der Waals surface area contributed by atoms with Crippen molar-refractivity contribution in [1.29, 1.82) is 0 Å². The molecule has 0 saturated heterocycles. The van der Waals surface area contributed by atoms with Crippen molar-refractivity contribution in [3.8, 4) is 6.01 Å². The van der Waals surface area contributed by atoms with Crippen molar-refractivity contribution in [2.45, 2.75) is 13.3 Å². The van der Waals surface area contributed by atoms with Gasteiger partial charge in [0.25, 0.3) is 0 Å². The molecule has 7 nitrogen and oxygen atoms in total. The number of halogens is 2. The fourth-order valence-electron chi connectivity index (χ4n) is 1.46. The van der Waals surface area contributed by atoms with Gasteiger partial charge in [0.05, 0.1) is 22.3 Å². The van der Waals surface area contributed by atoms with Crippen molar-refractivity contribution in [1.82, 2.24) is 15.0 Å². The number of nitrogens with zero attached hydrogens (tertiary/aromatic N) is 3. The summed E-state index contributed by atoms with van der Waals surface area (Å²) in [5.41, 5.74) is 2.92. The Morgan fingerprint density at radius 2 is 1.95 bits per heavy atom. The van der Waals surface area contributed by atoms with Crippen LogP contribution in [0, 0.1) is 0 Å². The van der Waals surface area contributed by atoms with Crippen LogP contribution in [-0.2, 0) is 0 Å². The van der Waals surface area contributed by atoms with E-state index in [1.165, 1.54) is 0 Å². The van der Waals surface area contributed by atoms with Crippen molar-refractivity contribution in [3.63, 3.8) is 0 Å². The largest absolute Gasteiger partial charge is 0.463 e. The molecule has 2 aromatic rings. The molecule has 0 bridgehead atoms. The summed E-state index contributed by atoms with van der Waals surface area (Å²) in [7, 11) is 0. The molecule has 0 unspecified atom stereocenters. The van der Waals surface area contributed by atoms with Crippen LogP contribution < -0.4 is 21.3 Å². The lowest BCUT2D eigenvalue weighted by Gasteiger charge is -2.10. The summed E-state index contributed by atoms with van der Waals surface area (Å²) in [6, 6.07) is 5.36. The third-order valence-corrected chi connectivity index (χ3v) is 3.20. The Morgan fingerprint density at radius 3 is 2.67 bits per heavy atom. The highest BCUT2D eigenvalue weighted by Crippen LogP contribution is 2.31. The number of hydrazine groups is 1. The van der Waals surface area contributed by atoms with Gasteiger partial charge in [0.1, 0.15) is 0 Å². The molecule has 21 heavy (non-hydrogen) atoms. The van der Waals surface area contributed by atoms with E-state index in [0.29, 0.717) is 22.3 Å². The Kier molecular flexibility index (Phi) is 5.38. The van der Waals surface area contributed by atoms with Crippen LogP contribution in [-0.4, -0.2) is 21.6 Å². The standard InChI is InChI=1S/C12H14Cl2N6O/c1-2-6-21-12-18-10(17-11(19-12)20-15)16-8-5-3-4-7(13)9(8)14/h3-5H,2,6,15H2,1H3,(H2,16,17,18,19,20). The molecule has 0 amide bonds. The van der Waals surface area contributed by atoms with Gasteiger partial charge in [-0.25, -0.2) is 5.84 Å². The van der Waals surface area contributed by atoms with Crippen LogP contribution in [0.4, 0.5) is 17.6 Å². The molecular formula is C12H14Cl2N6O. The Balaban J connectivity index is 2.28. The molecule has 1 aromatic carbocycles. The van der Waals surface area contributed by atoms with Crippen LogP contribution in [0.25, 0.3) is 0 Å². The van der Waals surface area contributed by atoms with Gasteiger partial charge in [-0.1, -0.05) is 36.2 Å². The first-order valence-electron chi connectivity index (χ1n) is 6.20. The van der Waals surface area contributed by atoms with E-state index in [4.69, 9.17) is 33.8 Å². The number of hydrogen-bond acceptors (Lipinski definition) is 7. The Hall–Kier alpha value is -1.83. The average Bonchev–Trinajstić information content (AvgIpc) is 2.49. The quantitative estimate of drug-likeness (QED) is 0.553. The Labute approximate surface area is 131 Å². The van der Waals surface area contributed by atoms with E-state index >= 15 is 0 Å². The number of aromatic nitrogens is 3. The van der Waals surface area contributed by atoms with Gasteiger partial charge in [-0.05, 0) is 18.6 Å². The molecule has 4 N–H and O–H groups in total. The highest BCUT2D eigenvalue weighted by molar-refractivity contribution is 6.43. The summed E-state index contributed by atoms with van der Waals surface area (Å²) in [6.45, 7) is 2.47. The summed E-state index contributed by atoms with van der Waals surface area (Å²) in [4.78, 5) is 12.2. The van der Waals surface area contributed by atoms with E-state index in [-0.39, 0.29) is 17.9 Å². The number of nitrogens with one attached hydrogen (secondary N) is 2. The highest BCUT2D eigenvalue weighted by Gasteiger charge is 2.10. The number of ether oxygens (including phenoxy) is 1. The molecule has 9 heteroatoms. The lowest BCUT2D eigenvalue weighted by atomic mass is 10.3. The minimum absolute atomic E-state index is 0.167. The van der Waals surface area contributed by atoms with Crippen LogP contribution in [0.5, 0.6) is 6.01 Å². The van der Waals surface area contributed by atoms with E-state index < -0.39 is 0 Å². The number of benzene rings is 1. The molecule has 0 saturated carbocycles. The zero-order chi connectivity index (χ0) is 15.2. The highest BCUT2D eigenvalue weighted by atomic mass is 35.5. The predicted molar refractivity (Wildman–Crippen MR) is 83.2 cm³/mol. The minimum Gasteiger partial charge on any atom is -0.463 e. The molecule has 0 aliphatic carbocycles. The van der Waals surface area contributed by atoms with Crippen LogP contribution in [0.3, 0.4) is 0 Å². The van der Waals surface area contributed by atoms with E-state index in [1.54, 1.807) is 18.2 Å². The molecule has 0 radical (unpaired) electrons. The van der Waals surface area contributed by atoms with E-state index in [2.05, 4.69) is 25.7 Å². The van der Waals surface area contributed by atoms with Crippen LogP contribution in [0.2, 0.25) is 10.0 Å². The third-order valence-electron chi connectivity index (χ3n) is 2.38. The van der Waals surface area contributed by atoms with Crippen LogP contribution in [0.15, 0.2) is 18.2 Å². The van der Waals surface area contributed by atoms with E-state index in [9.17, 15) is 0 Å². The topological polar surface area (TPSA) is 98.0 Å². The van der Waals surface area contributed by atoms with Crippen molar-refractivity contribution >= 4 is 40.8 Å². The normalized spacial score (nSPS) is 10.3. The smallest absolute Gasteiger partial charge is 0.323 e. The number of rotatable bonds is 6. The van der Waals surface area contributed by atoms with E-state index in [1.807, 2.05) is 6.92 Å². The SMILES string of the molecule is CCCOc1nc(NN)nc(Nc2cccc(Cl)c2Cl)n1. The molecule has 1 heterocycles. The van der Waals surface area contributed by atoms with Crippen molar-refractivity contribution in [2.24, 2.45) is 5.84 Å². The molecule has 112 valence electrons. The second-order valence-electron chi connectivity index (χ2n) is 3.98. The summed E-state index contributed by atoms with van der Waals surface area (Å²) in [5, 5.41) is 3.75. The maximum Gasteiger partial charge on any atom is 0.323 e. The van der Waals surface area contributed by atoms with Crippen molar-refractivity contribution < 1.29 is 4.74 Å². The lowest BCUT2D eigenvalue weighted by molar-refractivity contribution is 0.292. The summed E-state index contributed by atoms with van der Waals surface area (Å²) >= 11 is 12.1. The molecule has 0 spiro atoms. The number of hydrogen-bond donors (Lipinski definition) is 3. The zero-order valence-corrected chi connectivity index (χ0v) is 12.7. The number of nitrogen functional groups attached to an aromatic ring is 1. The Bertz CT molecular complexity index is 625. The first kappa shape index (κ1) is 15.6. The van der Waals surface area contributed by atoms with Gasteiger partial charge < -0.3 is 10.1 Å². The zero-order valence-electron chi connectivity index (χ0n) is 11.2. The maximum atomic E-state index is 6.10. The molecule has 1 aromatic heterocycles. The fourth-order valence-corrected chi connectivity index (χ4v) is 1.80. The Morgan fingerprint density at radius 1 is 1.19 bits per heavy atom. The third kappa shape index (κ3) is 4.07. The van der Waals surface area contributed by atoms with Gasteiger partial charge in [-0.2, -0.15) is 15.0 Å². The van der Waals surface area contributed by atoms with Gasteiger partial charge in [0.15, 0.2) is 0 Å². The van der Waals surface area contributed by atoms with Gasteiger partial charge >= 0.3 is 6.01 Å². The van der Waals surface area contributed by atoms with Gasteiger partial charge in [-0.3, -0.25) is 5.43 Å². The summed E-state index contributed by atoms with van der Waals surface area (Å²) in [6.07, 6.45) is 0.833. The first-order chi connectivity index (χ1) is 10.1. The monoisotopic (exact) mass is 328 g/mol. The lowest BCUT2D eigenvalue weighted by Crippen LogP contribution is -2.14. The minimum atomic E-state index is 0.167. The van der Waals surface area contributed by atoms with Crippen molar-refractivity contribution in [2.75, 3.05) is 17.3 Å². The van der Waals surface area contributed by atoms with Gasteiger partial charge in [0, 0.05) is 0 Å². The summed E-state index contributed by atoms with van der Waals surface area (Å²) in [5.74, 6) is 5.75. The van der Waals surface area contributed by atoms with Gasteiger partial charge in [-0.15, -0.1) is 0 Å². The van der Waals surface area contributed by atoms with Crippen LogP contribution in [0.1, 0.15) is 13.3 Å². The predicted octanol–water partition coefficient (Wildman–Crippen LogP) is 3.00. The van der Waals surface area contributed by atoms with E-state index in [0.717, 1.165) is 6.42 Å². The van der Waals surface area contributed by atoms with Crippen LogP contribution >= 0.6 is 23.2 Å². The molecule has 0 fully saturated rings. The molecule has 2 rings (SSSR count). The van der Waals surface area contributed by atoms with Crippen molar-refractivity contribution in [3.05, 3.63) is 28.2 Å². The average molecular weight is 329 g/mol. The second-order valence-corrected chi connectivity index (χ2v) is 4.77. The molecule has 0 aliphatic rings. The van der Waals surface area contributed by atoms with Gasteiger partial charge in [0.2, 0.25) is 11.9 Å². The number of anilines is 3.